The largest absolute Gasteiger partial charge is 1.00 e. The summed E-state index contributed by atoms with van der Waals surface area (Å²) in [5.41, 5.74) is 5.04. The predicted molar refractivity (Wildman–Crippen MR) is 38.2 cm³/mol. The number of rotatable bonds is 2. The second-order valence-corrected chi connectivity index (χ2v) is 3.05. The molecule has 2 amide bonds. The van der Waals surface area contributed by atoms with Crippen LogP contribution in [-0.2, 0) is 0 Å². The van der Waals surface area contributed by atoms with Crippen LogP contribution in [0.1, 0.15) is 6.92 Å². The number of aliphatic hydroxyl groups excluding tert-OH is 1. The van der Waals surface area contributed by atoms with Gasteiger partial charge < -0.3 is 23.2 Å². The number of aliphatic hydroxyl groups is 1. The van der Waals surface area contributed by atoms with Crippen molar-refractivity contribution in [3.63, 3.8) is 0 Å². The Balaban J connectivity index is 0. The van der Waals surface area contributed by atoms with Gasteiger partial charge in [-0.05, 0) is 6.92 Å². The minimum atomic E-state index is -0.498. The second-order valence-electron chi connectivity index (χ2n) is 3.05. The third-order valence-corrected chi connectivity index (χ3v) is 1.32. The monoisotopic (exact) mass is 182 g/mol. The van der Waals surface area contributed by atoms with Gasteiger partial charge in [0.2, 0.25) is 0 Å². The van der Waals surface area contributed by atoms with E-state index in [9.17, 15) is 4.79 Å². The van der Waals surface area contributed by atoms with Crippen molar-refractivity contribution in [1.82, 2.24) is 0 Å². The van der Waals surface area contributed by atoms with Gasteiger partial charge in [-0.15, -0.1) is 0 Å². The summed E-state index contributed by atoms with van der Waals surface area (Å²) in [4.78, 5) is 10.6. The zero-order valence-electron chi connectivity index (χ0n) is 7.04. The van der Waals surface area contributed by atoms with Gasteiger partial charge in [0.15, 0.2) is 0 Å². The zero-order chi connectivity index (χ0) is 8.36. The number of hydrogen-bond donors (Lipinski definition) is 2. The van der Waals surface area contributed by atoms with E-state index in [4.69, 9.17) is 10.8 Å². The number of carbonyl (C=O) groups is 1. The van der Waals surface area contributed by atoms with Crippen LogP contribution in [-0.4, -0.2) is 42.4 Å². The standard InChI is InChI=1S/C6H14N2O2.ClH/c1-5(9)4-8(2,3)6(7)10;/h5,9H,4H2,1-3H3,(H-,7,10);1H. The SMILES string of the molecule is CC(O)C[N+](C)(C)C(N)=O.[Cl-]. The Morgan fingerprint density at radius 2 is 2.00 bits per heavy atom. The van der Waals surface area contributed by atoms with Crippen LogP contribution in [0.2, 0.25) is 0 Å². The molecule has 0 aromatic carbocycles. The molecule has 0 fully saturated rings. The van der Waals surface area contributed by atoms with Crippen LogP contribution < -0.4 is 18.1 Å². The molecule has 0 spiro atoms. The minimum absolute atomic E-state index is 0. The van der Waals surface area contributed by atoms with Crippen LogP contribution in [0.25, 0.3) is 0 Å². The quantitative estimate of drug-likeness (QED) is 0.436. The normalized spacial score (nSPS) is 13.5. The van der Waals surface area contributed by atoms with Gasteiger partial charge in [-0.3, -0.25) is 0 Å². The predicted octanol–water partition coefficient (Wildman–Crippen LogP) is -3.47. The lowest BCUT2D eigenvalue weighted by atomic mass is 10.3. The lowest BCUT2D eigenvalue weighted by molar-refractivity contribution is -0.811. The molecule has 0 aromatic heterocycles. The smallest absolute Gasteiger partial charge is 0.413 e. The number of nitrogens with two attached hydrogens (primary N) is 1. The van der Waals surface area contributed by atoms with Gasteiger partial charge >= 0.3 is 6.03 Å². The molecule has 11 heavy (non-hydrogen) atoms. The number of nitrogens with zero attached hydrogens (tertiary/aromatic N) is 1. The molecule has 1 unspecified atom stereocenters. The number of halogens is 1. The van der Waals surface area contributed by atoms with Gasteiger partial charge in [-0.25, -0.2) is 9.28 Å². The minimum Gasteiger partial charge on any atom is -1.00 e. The van der Waals surface area contributed by atoms with Gasteiger partial charge in [0, 0.05) is 0 Å². The van der Waals surface area contributed by atoms with Gasteiger partial charge in [-0.2, -0.15) is 0 Å². The fourth-order valence-corrected chi connectivity index (χ4v) is 0.751. The summed E-state index contributed by atoms with van der Waals surface area (Å²) < 4.78 is 0.0255. The molecule has 0 saturated heterocycles. The van der Waals surface area contributed by atoms with Crippen LogP contribution in [0.15, 0.2) is 0 Å². The first kappa shape index (κ1) is 13.3. The third kappa shape index (κ3) is 5.01. The average Bonchev–Trinajstić information content (AvgIpc) is 1.60. The number of quaternary nitrogens is 1. The van der Waals surface area contributed by atoms with E-state index in [1.807, 2.05) is 0 Å². The van der Waals surface area contributed by atoms with E-state index in [2.05, 4.69) is 0 Å². The van der Waals surface area contributed by atoms with Crippen molar-refractivity contribution < 1.29 is 26.8 Å². The summed E-state index contributed by atoms with van der Waals surface area (Å²) >= 11 is 0. The van der Waals surface area contributed by atoms with Crippen molar-refractivity contribution in [3.05, 3.63) is 0 Å². The summed E-state index contributed by atoms with van der Waals surface area (Å²) in [6, 6.07) is -0.430. The number of primary amides is 1. The maximum absolute atomic E-state index is 10.6. The molecule has 0 aliphatic rings. The summed E-state index contributed by atoms with van der Waals surface area (Å²) in [6.45, 7) is 1.98. The Morgan fingerprint density at radius 3 is 2.09 bits per heavy atom. The highest BCUT2D eigenvalue weighted by atomic mass is 35.5. The third-order valence-electron chi connectivity index (χ3n) is 1.32. The molecule has 0 heterocycles. The Labute approximate surface area is 73.0 Å². The first-order valence-electron chi connectivity index (χ1n) is 3.17. The van der Waals surface area contributed by atoms with Crippen molar-refractivity contribution in [2.24, 2.45) is 5.73 Å². The van der Waals surface area contributed by atoms with Gasteiger partial charge in [-0.1, -0.05) is 0 Å². The fraction of sp³-hybridized carbons (Fsp3) is 0.833. The van der Waals surface area contributed by atoms with Crippen molar-refractivity contribution in [2.45, 2.75) is 13.0 Å². The van der Waals surface area contributed by atoms with E-state index in [1.165, 1.54) is 0 Å². The topological polar surface area (TPSA) is 63.3 Å². The van der Waals surface area contributed by atoms with Crippen molar-refractivity contribution in [3.8, 4) is 0 Å². The number of amides is 2. The summed E-state index contributed by atoms with van der Waals surface area (Å²) in [6.07, 6.45) is -0.498. The molecule has 5 heteroatoms. The van der Waals surface area contributed by atoms with E-state index in [0.717, 1.165) is 0 Å². The van der Waals surface area contributed by atoms with E-state index in [1.54, 1.807) is 21.0 Å². The van der Waals surface area contributed by atoms with E-state index in [0.29, 0.717) is 6.54 Å². The van der Waals surface area contributed by atoms with Crippen LogP contribution in [0.3, 0.4) is 0 Å². The maximum atomic E-state index is 10.6. The lowest BCUT2D eigenvalue weighted by Crippen LogP contribution is -3.00. The Morgan fingerprint density at radius 1 is 1.64 bits per heavy atom. The molecule has 0 saturated carbocycles. The Kier molecular flexibility index (Phi) is 5.48. The lowest BCUT2D eigenvalue weighted by Gasteiger charge is -2.25. The molecule has 0 bridgehead atoms. The highest BCUT2D eigenvalue weighted by Gasteiger charge is 2.24. The van der Waals surface area contributed by atoms with Crippen molar-refractivity contribution in [1.29, 1.82) is 0 Å². The zero-order valence-corrected chi connectivity index (χ0v) is 7.80. The average molecular weight is 183 g/mol. The Bertz CT molecular complexity index is 137. The summed E-state index contributed by atoms with van der Waals surface area (Å²) in [5.74, 6) is 0. The maximum Gasteiger partial charge on any atom is 0.413 e. The summed E-state index contributed by atoms with van der Waals surface area (Å²) in [5, 5.41) is 8.91. The summed E-state index contributed by atoms with van der Waals surface area (Å²) in [7, 11) is 3.32. The number of carbonyl (C=O) groups excluding carboxylic acids is 1. The van der Waals surface area contributed by atoms with Crippen LogP contribution in [0.5, 0.6) is 0 Å². The van der Waals surface area contributed by atoms with Gasteiger partial charge in [0.25, 0.3) is 0 Å². The van der Waals surface area contributed by atoms with E-state index >= 15 is 0 Å². The molecule has 0 radical (unpaired) electrons. The van der Waals surface area contributed by atoms with Crippen molar-refractivity contribution in [2.75, 3.05) is 20.6 Å². The number of hydrogen-bond acceptors (Lipinski definition) is 2. The first-order valence-corrected chi connectivity index (χ1v) is 3.17. The first-order chi connectivity index (χ1) is 4.36. The molecular weight excluding hydrogens is 168 g/mol. The molecule has 0 aliphatic heterocycles. The van der Waals surface area contributed by atoms with Crippen LogP contribution in [0.4, 0.5) is 4.79 Å². The molecular formula is C6H15ClN2O2. The van der Waals surface area contributed by atoms with Crippen LogP contribution in [0, 0.1) is 0 Å². The number of urea groups is 1. The molecule has 4 nitrogen and oxygen atoms in total. The van der Waals surface area contributed by atoms with E-state index < -0.39 is 12.1 Å². The Hall–Kier alpha value is -0.320. The number of likely N-dealkylation sites (N-methyl/N-ethyl adjacent to an activating group) is 1. The molecule has 0 aromatic rings. The van der Waals surface area contributed by atoms with Gasteiger partial charge in [0.1, 0.15) is 12.6 Å². The molecule has 68 valence electrons. The molecule has 0 rings (SSSR count). The van der Waals surface area contributed by atoms with Crippen LogP contribution >= 0.6 is 0 Å². The molecule has 0 aliphatic carbocycles. The second kappa shape index (κ2) is 4.54. The van der Waals surface area contributed by atoms with E-state index in [-0.39, 0.29) is 16.9 Å². The van der Waals surface area contributed by atoms with Gasteiger partial charge in [0.05, 0.1) is 14.1 Å². The highest BCUT2D eigenvalue weighted by molar-refractivity contribution is 5.63. The fourth-order valence-electron chi connectivity index (χ4n) is 0.751. The van der Waals surface area contributed by atoms with Crippen molar-refractivity contribution >= 4 is 6.03 Å². The molecule has 1 atom stereocenters. The molecule has 3 N–H and O–H groups in total. The highest BCUT2D eigenvalue weighted by Crippen LogP contribution is 1.97.